The summed E-state index contributed by atoms with van der Waals surface area (Å²) in [5.74, 6) is 0. The van der Waals surface area contributed by atoms with Gasteiger partial charge in [-0.05, 0) is 11.0 Å². The molecule has 0 bridgehead atoms. The summed E-state index contributed by atoms with van der Waals surface area (Å²) < 4.78 is 0. The van der Waals surface area contributed by atoms with E-state index < -0.39 is 0 Å². The Hall–Kier alpha value is 0.256. The molecule has 3 nitrogen and oxygen atoms in total. The van der Waals surface area contributed by atoms with Crippen molar-refractivity contribution in [3.63, 3.8) is 0 Å². The van der Waals surface area contributed by atoms with Crippen LogP contribution in [0, 0.1) is 0 Å². The van der Waals surface area contributed by atoms with Crippen molar-refractivity contribution in [2.45, 2.75) is 0 Å². The SMILES string of the molecule is [K+].c1ncc2cc[n-]c2n1. The van der Waals surface area contributed by atoms with Crippen molar-refractivity contribution in [3.05, 3.63) is 24.8 Å². The predicted molar refractivity (Wildman–Crippen MR) is 32.9 cm³/mol. The minimum atomic E-state index is 0. The Labute approximate surface area is 101 Å². The molecule has 0 saturated heterocycles. The summed E-state index contributed by atoms with van der Waals surface area (Å²) in [5, 5.41) is 0.998. The average Bonchev–Trinajstić information content (AvgIpc) is 2.33. The zero-order chi connectivity index (χ0) is 6.10. The first-order valence-electron chi connectivity index (χ1n) is 2.64. The van der Waals surface area contributed by atoms with Crippen molar-refractivity contribution in [2.24, 2.45) is 0 Å². The van der Waals surface area contributed by atoms with E-state index >= 15 is 0 Å². The van der Waals surface area contributed by atoms with Gasteiger partial charge in [0, 0.05) is 12.5 Å². The summed E-state index contributed by atoms with van der Waals surface area (Å²) in [5.41, 5.74) is 0.769. The quantitative estimate of drug-likeness (QED) is 0.400. The van der Waals surface area contributed by atoms with Crippen molar-refractivity contribution in [3.8, 4) is 0 Å². The topological polar surface area (TPSA) is 39.9 Å². The molecule has 0 amide bonds. The van der Waals surface area contributed by atoms with Crippen LogP contribution in [0.15, 0.2) is 24.8 Å². The number of nitrogens with zero attached hydrogens (tertiary/aromatic N) is 3. The molecule has 0 spiro atoms. The molecule has 0 atom stereocenters. The van der Waals surface area contributed by atoms with Gasteiger partial charge in [-0.25, -0.2) is 0 Å². The summed E-state index contributed by atoms with van der Waals surface area (Å²) in [6.45, 7) is 0. The molecule has 0 unspecified atom stereocenters. The summed E-state index contributed by atoms with van der Waals surface area (Å²) in [7, 11) is 0. The van der Waals surface area contributed by atoms with Gasteiger partial charge in [0.1, 0.15) is 0 Å². The predicted octanol–water partition coefficient (Wildman–Crippen LogP) is -2.41. The molecule has 2 aromatic heterocycles. The fourth-order valence-corrected chi connectivity index (χ4v) is 0.748. The van der Waals surface area contributed by atoms with Crippen LogP contribution in [0.3, 0.4) is 0 Å². The molecule has 44 valence electrons. The Morgan fingerprint density at radius 2 is 2.30 bits per heavy atom. The first kappa shape index (κ1) is 8.35. The second-order valence-electron chi connectivity index (χ2n) is 1.75. The van der Waals surface area contributed by atoms with Gasteiger partial charge in [0.05, 0.1) is 0 Å². The molecule has 0 aliphatic rings. The van der Waals surface area contributed by atoms with Crippen molar-refractivity contribution in [1.82, 2.24) is 15.0 Å². The molecule has 0 saturated carbocycles. The second-order valence-corrected chi connectivity index (χ2v) is 1.75. The van der Waals surface area contributed by atoms with Crippen molar-refractivity contribution in [2.75, 3.05) is 0 Å². The van der Waals surface area contributed by atoms with E-state index in [1.54, 1.807) is 12.4 Å². The molecule has 4 heteroatoms. The zero-order valence-electron chi connectivity index (χ0n) is 5.65. The van der Waals surface area contributed by atoms with E-state index in [1.807, 2.05) is 6.07 Å². The largest absolute Gasteiger partial charge is 1.00 e. The summed E-state index contributed by atoms with van der Waals surface area (Å²) >= 11 is 0. The first-order chi connectivity index (χ1) is 4.47. The van der Waals surface area contributed by atoms with Crippen LogP contribution in [-0.2, 0) is 0 Å². The number of hydrogen-bond acceptors (Lipinski definition) is 2. The summed E-state index contributed by atoms with van der Waals surface area (Å²) in [6, 6.07) is 1.88. The van der Waals surface area contributed by atoms with Crippen LogP contribution in [0.4, 0.5) is 0 Å². The monoisotopic (exact) mass is 157 g/mol. The van der Waals surface area contributed by atoms with Gasteiger partial charge in [0.25, 0.3) is 0 Å². The van der Waals surface area contributed by atoms with Crippen molar-refractivity contribution >= 4 is 11.0 Å². The molecular weight excluding hydrogens is 153 g/mol. The van der Waals surface area contributed by atoms with Crippen molar-refractivity contribution < 1.29 is 51.4 Å². The molecule has 10 heavy (non-hydrogen) atoms. The fourth-order valence-electron chi connectivity index (χ4n) is 0.748. The third-order valence-corrected chi connectivity index (χ3v) is 1.17. The minimum Gasteiger partial charge on any atom is -0.442 e. The number of aromatic nitrogens is 3. The third kappa shape index (κ3) is 1.46. The van der Waals surface area contributed by atoms with Gasteiger partial charge in [-0.2, -0.15) is 0 Å². The third-order valence-electron chi connectivity index (χ3n) is 1.17. The molecule has 0 N–H and O–H groups in total. The molecule has 0 aliphatic heterocycles. The Balaban J connectivity index is 0.000000500. The van der Waals surface area contributed by atoms with Crippen LogP contribution in [0.5, 0.6) is 0 Å². The van der Waals surface area contributed by atoms with Crippen molar-refractivity contribution in [1.29, 1.82) is 0 Å². The van der Waals surface area contributed by atoms with Crippen LogP contribution >= 0.6 is 0 Å². The van der Waals surface area contributed by atoms with E-state index in [9.17, 15) is 0 Å². The first-order valence-corrected chi connectivity index (χ1v) is 2.64. The number of fused-ring (bicyclic) bond motifs is 1. The molecule has 0 aliphatic carbocycles. The Bertz CT molecular complexity index is 287. The molecular formula is C6H4KN3. The van der Waals surface area contributed by atoms with Crippen LogP contribution in [0.2, 0.25) is 0 Å². The molecule has 0 aromatic carbocycles. The maximum atomic E-state index is 3.97. The van der Waals surface area contributed by atoms with Gasteiger partial charge in [-0.1, -0.05) is 12.3 Å². The zero-order valence-corrected chi connectivity index (χ0v) is 8.77. The van der Waals surface area contributed by atoms with Crippen LogP contribution < -0.4 is 56.4 Å². The summed E-state index contributed by atoms with van der Waals surface area (Å²) in [4.78, 5) is 11.7. The van der Waals surface area contributed by atoms with Gasteiger partial charge in [0.15, 0.2) is 0 Å². The molecule has 2 heterocycles. The van der Waals surface area contributed by atoms with Crippen LogP contribution in [0.1, 0.15) is 0 Å². The van der Waals surface area contributed by atoms with E-state index in [2.05, 4.69) is 15.0 Å². The van der Waals surface area contributed by atoms with Gasteiger partial charge >= 0.3 is 51.4 Å². The van der Waals surface area contributed by atoms with Crippen LogP contribution in [0.25, 0.3) is 11.0 Å². The molecule has 0 fully saturated rings. The number of rotatable bonds is 0. The smallest absolute Gasteiger partial charge is 0.442 e. The average molecular weight is 157 g/mol. The molecule has 2 aromatic rings. The number of hydrogen-bond donors (Lipinski definition) is 0. The van der Waals surface area contributed by atoms with Gasteiger partial charge in [-0.15, -0.1) is 0 Å². The normalized spacial score (nSPS) is 9.20. The van der Waals surface area contributed by atoms with Crippen LogP contribution in [-0.4, -0.2) is 9.97 Å². The fraction of sp³-hybridized carbons (Fsp3) is 0. The van der Waals surface area contributed by atoms with E-state index in [4.69, 9.17) is 0 Å². The molecule has 2 rings (SSSR count). The maximum Gasteiger partial charge on any atom is 1.00 e. The second kappa shape index (κ2) is 3.59. The van der Waals surface area contributed by atoms with E-state index in [0.717, 1.165) is 11.0 Å². The van der Waals surface area contributed by atoms with Gasteiger partial charge < -0.3 is 9.97 Å². The molecule has 0 radical (unpaired) electrons. The van der Waals surface area contributed by atoms with Gasteiger partial charge in [-0.3, -0.25) is 4.98 Å². The van der Waals surface area contributed by atoms with E-state index in [0.29, 0.717) is 0 Å². The Morgan fingerprint density at radius 1 is 1.40 bits per heavy atom. The Kier molecular flexibility index (Phi) is 3.00. The van der Waals surface area contributed by atoms with E-state index in [-0.39, 0.29) is 51.4 Å². The standard InChI is InChI=1S/C6H4N3.K/c1-2-8-6-5(1)3-7-4-9-6;/h1-4H;/q-1;+1. The summed E-state index contributed by atoms with van der Waals surface area (Å²) in [6.07, 6.45) is 4.96. The van der Waals surface area contributed by atoms with E-state index in [1.165, 1.54) is 6.33 Å². The minimum absolute atomic E-state index is 0. The van der Waals surface area contributed by atoms with Gasteiger partial charge in [0.2, 0.25) is 0 Å². The maximum absolute atomic E-state index is 3.97. The Morgan fingerprint density at radius 3 is 3.10 bits per heavy atom.